The molecule has 4 heteroatoms. The summed E-state index contributed by atoms with van der Waals surface area (Å²) >= 11 is 1.68. The van der Waals surface area contributed by atoms with Gasteiger partial charge in [0.25, 0.3) is 0 Å². The van der Waals surface area contributed by atoms with Gasteiger partial charge in [0.1, 0.15) is 5.82 Å². The molecule has 0 heterocycles. The zero-order valence-corrected chi connectivity index (χ0v) is 11.8. The lowest BCUT2D eigenvalue weighted by atomic mass is 10.3. The van der Waals surface area contributed by atoms with E-state index in [4.69, 9.17) is 4.74 Å². The molecule has 1 rings (SSSR count). The normalized spacial score (nSPS) is 10.8. The topological polar surface area (TPSA) is 21.3 Å². The van der Waals surface area contributed by atoms with Crippen LogP contribution in [0.25, 0.3) is 0 Å². The van der Waals surface area contributed by atoms with Crippen LogP contribution in [0.5, 0.6) is 0 Å². The summed E-state index contributed by atoms with van der Waals surface area (Å²) in [4.78, 5) is 0.994. The van der Waals surface area contributed by atoms with Gasteiger partial charge in [0.15, 0.2) is 0 Å². The minimum absolute atomic E-state index is 0.163. The van der Waals surface area contributed by atoms with Crippen LogP contribution >= 0.6 is 11.8 Å². The van der Waals surface area contributed by atoms with Crippen molar-refractivity contribution in [1.82, 2.24) is 5.32 Å². The minimum Gasteiger partial charge on any atom is -0.382 e. The Morgan fingerprint density at radius 3 is 2.94 bits per heavy atom. The van der Waals surface area contributed by atoms with Crippen molar-refractivity contribution in [3.05, 3.63) is 30.1 Å². The van der Waals surface area contributed by atoms with Gasteiger partial charge in [0.05, 0.1) is 0 Å². The first-order valence-electron chi connectivity index (χ1n) is 6.49. The second-order valence-corrected chi connectivity index (χ2v) is 5.13. The molecule has 0 unspecified atom stereocenters. The number of unbranched alkanes of at least 4 members (excludes halogenated alkanes) is 1. The number of hydrogen-bond acceptors (Lipinski definition) is 3. The lowest BCUT2D eigenvalue weighted by molar-refractivity contribution is 0.143. The highest BCUT2D eigenvalue weighted by molar-refractivity contribution is 7.99. The molecule has 0 aliphatic rings. The summed E-state index contributed by atoms with van der Waals surface area (Å²) in [5.41, 5.74) is 0. The van der Waals surface area contributed by atoms with Crippen molar-refractivity contribution in [1.29, 1.82) is 0 Å². The second-order valence-electron chi connectivity index (χ2n) is 3.96. The molecule has 18 heavy (non-hydrogen) atoms. The van der Waals surface area contributed by atoms with E-state index in [-0.39, 0.29) is 5.82 Å². The van der Waals surface area contributed by atoms with Crippen LogP contribution in [0.15, 0.2) is 29.2 Å². The Hall–Kier alpha value is -0.580. The van der Waals surface area contributed by atoms with Crippen molar-refractivity contribution in [2.24, 2.45) is 0 Å². The fourth-order valence-electron chi connectivity index (χ4n) is 1.52. The minimum atomic E-state index is -0.163. The van der Waals surface area contributed by atoms with E-state index in [9.17, 15) is 4.39 Å². The van der Waals surface area contributed by atoms with Gasteiger partial charge < -0.3 is 10.1 Å². The average Bonchev–Trinajstić information content (AvgIpc) is 2.37. The highest BCUT2D eigenvalue weighted by Crippen LogP contribution is 2.17. The average molecular weight is 271 g/mol. The van der Waals surface area contributed by atoms with E-state index in [0.717, 1.165) is 49.8 Å². The molecule has 0 radical (unpaired) electrons. The molecule has 0 spiro atoms. The Morgan fingerprint density at radius 1 is 1.28 bits per heavy atom. The van der Waals surface area contributed by atoms with Gasteiger partial charge in [0, 0.05) is 30.4 Å². The summed E-state index contributed by atoms with van der Waals surface area (Å²) in [6.45, 7) is 5.66. The van der Waals surface area contributed by atoms with Crippen molar-refractivity contribution >= 4 is 11.8 Å². The second kappa shape index (κ2) is 10.4. The van der Waals surface area contributed by atoms with Crippen LogP contribution in [0.2, 0.25) is 0 Å². The monoisotopic (exact) mass is 271 g/mol. The fraction of sp³-hybridized carbons (Fsp3) is 0.571. The number of nitrogens with one attached hydrogen (secondary N) is 1. The van der Waals surface area contributed by atoms with E-state index < -0.39 is 0 Å². The van der Waals surface area contributed by atoms with Gasteiger partial charge >= 0.3 is 0 Å². The van der Waals surface area contributed by atoms with Gasteiger partial charge in [-0.1, -0.05) is 6.07 Å². The molecule has 0 aliphatic carbocycles. The lowest BCUT2D eigenvalue weighted by Gasteiger charge is -2.05. The number of hydrogen-bond donors (Lipinski definition) is 1. The van der Waals surface area contributed by atoms with Crippen LogP contribution in [-0.4, -0.2) is 32.1 Å². The van der Waals surface area contributed by atoms with Gasteiger partial charge in [-0.15, -0.1) is 11.8 Å². The molecule has 102 valence electrons. The van der Waals surface area contributed by atoms with Gasteiger partial charge in [-0.25, -0.2) is 4.39 Å². The van der Waals surface area contributed by atoms with Crippen molar-refractivity contribution in [2.45, 2.75) is 24.7 Å². The molecule has 0 amide bonds. The van der Waals surface area contributed by atoms with E-state index >= 15 is 0 Å². The first-order valence-corrected chi connectivity index (χ1v) is 7.48. The van der Waals surface area contributed by atoms with Crippen LogP contribution in [0.4, 0.5) is 4.39 Å². The number of halogens is 1. The van der Waals surface area contributed by atoms with Crippen molar-refractivity contribution in [3.8, 4) is 0 Å². The summed E-state index contributed by atoms with van der Waals surface area (Å²) in [7, 11) is 0. The number of rotatable bonds is 10. The molecule has 1 aromatic rings. The molecule has 2 nitrogen and oxygen atoms in total. The van der Waals surface area contributed by atoms with E-state index in [1.807, 2.05) is 13.0 Å². The third kappa shape index (κ3) is 7.69. The Kier molecular flexibility index (Phi) is 8.90. The Labute approximate surface area is 113 Å². The van der Waals surface area contributed by atoms with E-state index in [1.54, 1.807) is 23.9 Å². The van der Waals surface area contributed by atoms with Crippen LogP contribution < -0.4 is 5.32 Å². The molecule has 0 saturated carbocycles. The third-order valence-corrected chi connectivity index (χ3v) is 3.44. The van der Waals surface area contributed by atoms with Gasteiger partial charge in [-0.3, -0.25) is 0 Å². The van der Waals surface area contributed by atoms with Crippen LogP contribution in [0.1, 0.15) is 19.8 Å². The molecular weight excluding hydrogens is 249 g/mol. The zero-order chi connectivity index (χ0) is 13.1. The molecule has 1 aromatic carbocycles. The molecule has 0 bridgehead atoms. The Morgan fingerprint density at radius 2 is 2.17 bits per heavy atom. The summed E-state index contributed by atoms with van der Waals surface area (Å²) < 4.78 is 18.2. The lowest BCUT2D eigenvalue weighted by Crippen LogP contribution is -2.18. The van der Waals surface area contributed by atoms with Crippen LogP contribution in [-0.2, 0) is 4.74 Å². The molecular formula is C14H22FNOS. The fourth-order valence-corrected chi connectivity index (χ4v) is 2.37. The Balaban J connectivity index is 1.92. The first-order chi connectivity index (χ1) is 8.83. The first kappa shape index (κ1) is 15.5. The highest BCUT2D eigenvalue weighted by atomic mass is 32.2. The maximum absolute atomic E-state index is 12.9. The van der Waals surface area contributed by atoms with Crippen molar-refractivity contribution in [3.63, 3.8) is 0 Å². The number of thioether (sulfide) groups is 1. The Bertz CT molecular complexity index is 322. The van der Waals surface area contributed by atoms with Crippen molar-refractivity contribution < 1.29 is 9.13 Å². The molecule has 0 atom stereocenters. The summed E-state index contributed by atoms with van der Waals surface area (Å²) in [6, 6.07) is 6.74. The maximum Gasteiger partial charge on any atom is 0.124 e. The van der Waals surface area contributed by atoms with E-state index in [0.29, 0.717) is 0 Å². The predicted molar refractivity (Wildman–Crippen MR) is 75.7 cm³/mol. The van der Waals surface area contributed by atoms with Crippen LogP contribution in [0.3, 0.4) is 0 Å². The summed E-state index contributed by atoms with van der Waals surface area (Å²) in [5, 5.41) is 3.38. The van der Waals surface area contributed by atoms with Gasteiger partial charge in [-0.2, -0.15) is 0 Å². The van der Waals surface area contributed by atoms with Gasteiger partial charge in [-0.05, 0) is 44.5 Å². The zero-order valence-electron chi connectivity index (χ0n) is 11.0. The van der Waals surface area contributed by atoms with Gasteiger partial charge in [0.2, 0.25) is 0 Å². The largest absolute Gasteiger partial charge is 0.382 e. The highest BCUT2D eigenvalue weighted by Gasteiger charge is 1.96. The number of ether oxygens (including phenoxy) is 1. The number of benzene rings is 1. The molecule has 0 aromatic heterocycles. The maximum atomic E-state index is 12.9. The standard InChI is InChI=1S/C14H22FNOS/c1-2-17-10-4-3-8-16-9-11-18-14-7-5-6-13(15)12-14/h5-7,12,16H,2-4,8-11H2,1H3. The summed E-state index contributed by atoms with van der Waals surface area (Å²) in [6.07, 6.45) is 2.25. The smallest absolute Gasteiger partial charge is 0.124 e. The van der Waals surface area contributed by atoms with E-state index in [2.05, 4.69) is 5.32 Å². The SMILES string of the molecule is CCOCCCCNCCSc1cccc(F)c1. The van der Waals surface area contributed by atoms with Crippen molar-refractivity contribution in [2.75, 3.05) is 32.1 Å². The molecule has 1 N–H and O–H groups in total. The molecule has 0 saturated heterocycles. The van der Waals surface area contributed by atoms with Crippen LogP contribution in [0, 0.1) is 5.82 Å². The molecule has 0 aliphatic heterocycles. The summed E-state index contributed by atoms with van der Waals surface area (Å²) in [5.74, 6) is 0.804. The quantitative estimate of drug-likeness (QED) is 0.521. The third-order valence-electron chi connectivity index (χ3n) is 2.44. The molecule has 0 fully saturated rings. The predicted octanol–water partition coefficient (Wildman–Crippen LogP) is 3.32. The van der Waals surface area contributed by atoms with E-state index in [1.165, 1.54) is 6.07 Å².